The first-order chi connectivity index (χ1) is 8.58. The second-order valence-electron chi connectivity index (χ2n) is 3.20. The summed E-state index contributed by atoms with van der Waals surface area (Å²) in [6, 6.07) is 1.32. The lowest BCUT2D eigenvalue weighted by atomic mass is 10.3. The second-order valence-corrected chi connectivity index (χ2v) is 3.20. The van der Waals surface area contributed by atoms with Gasteiger partial charge in [-0.05, 0) is 0 Å². The van der Waals surface area contributed by atoms with Gasteiger partial charge in [-0.15, -0.1) is 0 Å². The van der Waals surface area contributed by atoms with Crippen LogP contribution >= 0.6 is 0 Å². The first-order valence-corrected chi connectivity index (χ1v) is 4.91. The van der Waals surface area contributed by atoms with E-state index >= 15 is 0 Å². The van der Waals surface area contributed by atoms with E-state index in [1.165, 1.54) is 26.5 Å². The maximum Gasteiger partial charge on any atom is 0.325 e. The van der Waals surface area contributed by atoms with Crippen LogP contribution in [0.15, 0.2) is 16.9 Å². The monoisotopic (exact) mass is 256 g/mol. The van der Waals surface area contributed by atoms with Crippen molar-refractivity contribution in [3.63, 3.8) is 0 Å². The highest BCUT2D eigenvalue weighted by Crippen LogP contribution is 2.03. The van der Waals surface area contributed by atoms with Gasteiger partial charge >= 0.3 is 11.9 Å². The molecule has 1 rings (SSSR count). The molecule has 8 heteroatoms. The number of carbonyl (C=O) groups is 3. The molecule has 0 bridgehead atoms. The van der Waals surface area contributed by atoms with Crippen LogP contribution in [0.5, 0.6) is 0 Å². The summed E-state index contributed by atoms with van der Waals surface area (Å²) in [5, 5.41) is 3.43. The van der Waals surface area contributed by atoms with Crippen LogP contribution in [0.25, 0.3) is 0 Å². The van der Waals surface area contributed by atoms with E-state index in [1.807, 2.05) is 0 Å². The number of carbonyl (C=O) groups excluding carboxylic acids is 3. The lowest BCUT2D eigenvalue weighted by Gasteiger charge is -2.18. The van der Waals surface area contributed by atoms with Crippen LogP contribution in [0, 0.1) is 0 Å². The molecule has 0 saturated carbocycles. The topological polar surface area (TPSA) is 98.9 Å². The highest BCUT2D eigenvalue weighted by atomic mass is 16.5. The number of hydrogen-bond donors (Lipinski definition) is 0. The summed E-state index contributed by atoms with van der Waals surface area (Å²) in [4.78, 5) is 35.2. The van der Waals surface area contributed by atoms with Gasteiger partial charge in [0.2, 0.25) is 0 Å². The Morgan fingerprint density at radius 2 is 1.78 bits per heavy atom. The largest absolute Gasteiger partial charge is 0.468 e. The highest BCUT2D eigenvalue weighted by molar-refractivity contribution is 5.96. The molecule has 0 atom stereocenters. The van der Waals surface area contributed by atoms with E-state index in [2.05, 4.69) is 19.2 Å². The van der Waals surface area contributed by atoms with Gasteiger partial charge in [0, 0.05) is 6.07 Å². The molecule has 8 nitrogen and oxygen atoms in total. The Labute approximate surface area is 102 Å². The summed E-state index contributed by atoms with van der Waals surface area (Å²) < 4.78 is 13.4. The number of methoxy groups -OCH3 is 2. The molecule has 0 fully saturated rings. The average Bonchev–Trinajstić information content (AvgIpc) is 2.90. The third-order valence-corrected chi connectivity index (χ3v) is 2.04. The summed E-state index contributed by atoms with van der Waals surface area (Å²) in [7, 11) is 2.36. The van der Waals surface area contributed by atoms with Crippen LogP contribution in [0.3, 0.4) is 0 Å². The molecule has 1 amide bonds. The molecule has 0 saturated heterocycles. The van der Waals surface area contributed by atoms with Crippen molar-refractivity contribution in [1.82, 2.24) is 10.1 Å². The van der Waals surface area contributed by atoms with E-state index in [1.54, 1.807) is 0 Å². The number of aromatic nitrogens is 1. The first-order valence-electron chi connectivity index (χ1n) is 4.91. The summed E-state index contributed by atoms with van der Waals surface area (Å²) in [5.74, 6) is -1.94. The molecule has 18 heavy (non-hydrogen) atoms. The van der Waals surface area contributed by atoms with Crippen molar-refractivity contribution in [2.75, 3.05) is 27.3 Å². The van der Waals surface area contributed by atoms with Gasteiger partial charge in [-0.3, -0.25) is 14.4 Å². The summed E-state index contributed by atoms with van der Waals surface area (Å²) in [5.41, 5.74) is -0.0113. The van der Waals surface area contributed by atoms with E-state index in [9.17, 15) is 14.4 Å². The number of amides is 1. The predicted octanol–water partition coefficient (Wildman–Crippen LogP) is -0.537. The predicted molar refractivity (Wildman–Crippen MR) is 56.4 cm³/mol. The molecule has 1 aromatic heterocycles. The van der Waals surface area contributed by atoms with Gasteiger partial charge in [-0.2, -0.15) is 0 Å². The molecule has 1 heterocycles. The van der Waals surface area contributed by atoms with Gasteiger partial charge < -0.3 is 18.9 Å². The molecule has 0 aliphatic heterocycles. The minimum absolute atomic E-state index is 0.0113. The van der Waals surface area contributed by atoms with E-state index in [0.717, 1.165) is 4.90 Å². The van der Waals surface area contributed by atoms with Crippen molar-refractivity contribution in [2.45, 2.75) is 0 Å². The molecule has 1 aromatic rings. The second kappa shape index (κ2) is 6.38. The molecular formula is C10H12N2O6. The number of nitrogens with zero attached hydrogens (tertiary/aromatic N) is 2. The Bertz CT molecular complexity index is 410. The molecule has 0 unspecified atom stereocenters. The van der Waals surface area contributed by atoms with Gasteiger partial charge in [-0.25, -0.2) is 0 Å². The van der Waals surface area contributed by atoms with Crippen molar-refractivity contribution < 1.29 is 28.4 Å². The average molecular weight is 256 g/mol. The quantitative estimate of drug-likeness (QED) is 0.652. The molecule has 0 aromatic carbocycles. The third kappa shape index (κ3) is 3.58. The first kappa shape index (κ1) is 13.7. The molecule has 0 aliphatic carbocycles. The van der Waals surface area contributed by atoms with Crippen LogP contribution in [-0.2, 0) is 19.1 Å². The van der Waals surface area contributed by atoms with Gasteiger partial charge in [-0.1, -0.05) is 5.16 Å². The maximum absolute atomic E-state index is 11.9. The van der Waals surface area contributed by atoms with E-state index < -0.39 is 17.8 Å². The Morgan fingerprint density at radius 1 is 1.22 bits per heavy atom. The minimum Gasteiger partial charge on any atom is -0.468 e. The zero-order valence-electron chi connectivity index (χ0n) is 9.91. The van der Waals surface area contributed by atoms with Crippen molar-refractivity contribution in [3.05, 3.63) is 18.0 Å². The van der Waals surface area contributed by atoms with Crippen LogP contribution < -0.4 is 0 Å². The van der Waals surface area contributed by atoms with Crippen molar-refractivity contribution in [1.29, 1.82) is 0 Å². The van der Waals surface area contributed by atoms with E-state index in [-0.39, 0.29) is 18.8 Å². The maximum atomic E-state index is 11.9. The normalized spacial score (nSPS) is 9.67. The van der Waals surface area contributed by atoms with Gasteiger partial charge in [0.1, 0.15) is 19.4 Å². The summed E-state index contributed by atoms with van der Waals surface area (Å²) in [6.07, 6.45) is 1.21. The Kier molecular flexibility index (Phi) is 4.85. The Hall–Kier alpha value is -2.38. The Balaban J connectivity index is 2.79. The lowest BCUT2D eigenvalue weighted by molar-refractivity contribution is -0.144. The number of hydrogen-bond acceptors (Lipinski definition) is 7. The number of rotatable bonds is 5. The number of ether oxygens (including phenoxy) is 2. The molecule has 0 N–H and O–H groups in total. The zero-order chi connectivity index (χ0) is 13.5. The fraction of sp³-hybridized carbons (Fsp3) is 0.400. The van der Waals surface area contributed by atoms with Crippen molar-refractivity contribution >= 4 is 17.8 Å². The van der Waals surface area contributed by atoms with E-state index in [0.29, 0.717) is 0 Å². The molecule has 0 spiro atoms. The van der Waals surface area contributed by atoms with Crippen LogP contribution in [0.2, 0.25) is 0 Å². The summed E-state index contributed by atoms with van der Waals surface area (Å²) >= 11 is 0. The van der Waals surface area contributed by atoms with Gasteiger partial charge in [0.15, 0.2) is 5.69 Å². The fourth-order valence-corrected chi connectivity index (χ4v) is 1.13. The number of esters is 2. The standard InChI is InChI=1S/C10H12N2O6/c1-16-8(13)5-12(6-9(14)17-2)10(15)7-3-4-18-11-7/h3-4H,5-6H2,1-2H3. The third-order valence-electron chi connectivity index (χ3n) is 2.04. The van der Waals surface area contributed by atoms with Crippen molar-refractivity contribution in [3.8, 4) is 0 Å². The van der Waals surface area contributed by atoms with Gasteiger partial charge in [0.25, 0.3) is 5.91 Å². The van der Waals surface area contributed by atoms with Gasteiger partial charge in [0.05, 0.1) is 14.2 Å². The molecule has 0 aliphatic rings. The summed E-state index contributed by atoms with van der Waals surface area (Å²) in [6.45, 7) is -0.755. The van der Waals surface area contributed by atoms with E-state index in [4.69, 9.17) is 0 Å². The minimum atomic E-state index is -0.657. The molecule has 0 radical (unpaired) electrons. The fourth-order valence-electron chi connectivity index (χ4n) is 1.13. The van der Waals surface area contributed by atoms with Crippen LogP contribution in [-0.4, -0.2) is 55.2 Å². The SMILES string of the molecule is COC(=O)CN(CC(=O)OC)C(=O)c1ccon1. The van der Waals surface area contributed by atoms with Crippen LogP contribution in [0.1, 0.15) is 10.5 Å². The highest BCUT2D eigenvalue weighted by Gasteiger charge is 2.23. The van der Waals surface area contributed by atoms with Crippen LogP contribution in [0.4, 0.5) is 0 Å². The Morgan fingerprint density at radius 3 is 2.17 bits per heavy atom. The molecular weight excluding hydrogens is 244 g/mol. The van der Waals surface area contributed by atoms with Crippen molar-refractivity contribution in [2.24, 2.45) is 0 Å². The molecule has 98 valence electrons. The smallest absolute Gasteiger partial charge is 0.325 e. The lowest BCUT2D eigenvalue weighted by Crippen LogP contribution is -2.40. The zero-order valence-corrected chi connectivity index (χ0v) is 9.91.